The summed E-state index contributed by atoms with van der Waals surface area (Å²) in [7, 11) is 0. The molecule has 8 nitrogen and oxygen atoms in total. The molecule has 88 valence electrons. The molecule has 2 heterocycles. The van der Waals surface area contributed by atoms with E-state index in [1.165, 1.54) is 19.2 Å². The molecule has 0 saturated carbocycles. The molecule has 1 atom stereocenters. The van der Waals surface area contributed by atoms with E-state index in [2.05, 4.69) is 20.5 Å². The van der Waals surface area contributed by atoms with Crippen LogP contribution in [-0.4, -0.2) is 36.3 Å². The van der Waals surface area contributed by atoms with E-state index in [0.29, 0.717) is 5.56 Å². The second-order valence-corrected chi connectivity index (χ2v) is 3.40. The van der Waals surface area contributed by atoms with Gasteiger partial charge in [-0.15, -0.1) is 5.10 Å². The van der Waals surface area contributed by atoms with Crippen LogP contribution in [0.25, 0.3) is 11.4 Å². The number of hydrogen-bond acceptors (Lipinski definition) is 5. The predicted octanol–water partition coefficient (Wildman–Crippen LogP) is -0.326. The maximum atomic E-state index is 11.2. The highest BCUT2D eigenvalue weighted by Crippen LogP contribution is 2.16. The van der Waals surface area contributed by atoms with Crippen molar-refractivity contribution in [1.82, 2.24) is 25.2 Å². The van der Waals surface area contributed by atoms with Crippen molar-refractivity contribution in [2.75, 3.05) is 0 Å². The number of aliphatic carboxylic acids is 1. The maximum Gasteiger partial charge on any atom is 0.328 e. The summed E-state index contributed by atoms with van der Waals surface area (Å²) in [6.45, 7) is 1.45. The van der Waals surface area contributed by atoms with Crippen LogP contribution in [0.5, 0.6) is 0 Å². The molecular formula is C9H9N5O3. The van der Waals surface area contributed by atoms with Crippen LogP contribution < -0.4 is 5.56 Å². The molecule has 2 rings (SSSR count). The van der Waals surface area contributed by atoms with Crippen LogP contribution in [0.15, 0.2) is 23.1 Å². The Kier molecular flexibility index (Phi) is 2.69. The van der Waals surface area contributed by atoms with E-state index in [0.717, 1.165) is 4.68 Å². The van der Waals surface area contributed by atoms with Gasteiger partial charge in [0.15, 0.2) is 11.9 Å². The highest BCUT2D eigenvalue weighted by molar-refractivity contribution is 5.72. The molecule has 0 aromatic carbocycles. The van der Waals surface area contributed by atoms with E-state index in [4.69, 9.17) is 5.11 Å². The SMILES string of the molecule is CC(C(=O)O)n1nnnc1-c1cc[nH]c(=O)c1. The van der Waals surface area contributed by atoms with E-state index >= 15 is 0 Å². The quantitative estimate of drug-likeness (QED) is 0.753. The van der Waals surface area contributed by atoms with Gasteiger partial charge in [0, 0.05) is 17.8 Å². The van der Waals surface area contributed by atoms with Gasteiger partial charge in [0.1, 0.15) is 0 Å². The molecule has 0 radical (unpaired) electrons. The number of pyridine rings is 1. The van der Waals surface area contributed by atoms with Gasteiger partial charge in [0.05, 0.1) is 0 Å². The number of aromatic nitrogens is 5. The highest BCUT2D eigenvalue weighted by atomic mass is 16.4. The molecule has 2 aromatic heterocycles. The Hall–Kier alpha value is -2.51. The van der Waals surface area contributed by atoms with E-state index < -0.39 is 12.0 Å². The average Bonchev–Trinajstić information content (AvgIpc) is 2.76. The lowest BCUT2D eigenvalue weighted by atomic mass is 10.2. The van der Waals surface area contributed by atoms with Gasteiger partial charge in [0.2, 0.25) is 5.56 Å². The predicted molar refractivity (Wildman–Crippen MR) is 56.2 cm³/mol. The standard InChI is InChI=1S/C9H9N5O3/c1-5(9(16)17)14-8(11-12-13-14)6-2-3-10-7(15)4-6/h2-5H,1H3,(H,10,15)(H,16,17). The average molecular weight is 235 g/mol. The number of carboxylic acid groups (broad SMARTS) is 1. The van der Waals surface area contributed by atoms with Crippen LogP contribution in [0.4, 0.5) is 0 Å². The maximum absolute atomic E-state index is 11.2. The molecule has 2 N–H and O–H groups in total. The van der Waals surface area contributed by atoms with E-state index in [9.17, 15) is 9.59 Å². The number of tetrazole rings is 1. The van der Waals surface area contributed by atoms with Crippen molar-refractivity contribution in [1.29, 1.82) is 0 Å². The summed E-state index contributed by atoms with van der Waals surface area (Å²) in [5, 5.41) is 19.6. The van der Waals surface area contributed by atoms with Crippen molar-refractivity contribution >= 4 is 5.97 Å². The van der Waals surface area contributed by atoms with Crippen LogP contribution in [0.1, 0.15) is 13.0 Å². The second-order valence-electron chi connectivity index (χ2n) is 3.40. The number of H-pyrrole nitrogens is 1. The lowest BCUT2D eigenvalue weighted by Crippen LogP contribution is -2.18. The molecule has 0 amide bonds. The summed E-state index contributed by atoms with van der Waals surface area (Å²) in [6, 6.07) is 1.99. The van der Waals surface area contributed by atoms with Crippen molar-refractivity contribution in [3.05, 3.63) is 28.7 Å². The topological polar surface area (TPSA) is 114 Å². The highest BCUT2D eigenvalue weighted by Gasteiger charge is 2.20. The molecule has 0 aliphatic rings. The first kappa shape index (κ1) is 11.0. The van der Waals surface area contributed by atoms with Gasteiger partial charge in [-0.25, -0.2) is 9.48 Å². The van der Waals surface area contributed by atoms with Crippen LogP contribution in [0.3, 0.4) is 0 Å². The van der Waals surface area contributed by atoms with E-state index in [1.807, 2.05) is 0 Å². The fraction of sp³-hybridized carbons (Fsp3) is 0.222. The number of carboxylic acids is 1. The van der Waals surface area contributed by atoms with Crippen molar-refractivity contribution in [2.45, 2.75) is 13.0 Å². The zero-order valence-corrected chi connectivity index (χ0v) is 8.86. The molecule has 0 bridgehead atoms. The molecule has 17 heavy (non-hydrogen) atoms. The fourth-order valence-corrected chi connectivity index (χ4v) is 1.33. The van der Waals surface area contributed by atoms with Gasteiger partial charge in [-0.2, -0.15) is 0 Å². The molecule has 1 unspecified atom stereocenters. The molecule has 2 aromatic rings. The van der Waals surface area contributed by atoms with Gasteiger partial charge in [-0.1, -0.05) is 0 Å². The largest absolute Gasteiger partial charge is 0.480 e. The molecule has 0 aliphatic carbocycles. The third kappa shape index (κ3) is 2.05. The Morgan fingerprint density at radius 3 is 3.00 bits per heavy atom. The molecule has 0 fully saturated rings. The van der Waals surface area contributed by atoms with Crippen molar-refractivity contribution in [3.63, 3.8) is 0 Å². The number of rotatable bonds is 3. The van der Waals surface area contributed by atoms with Gasteiger partial charge < -0.3 is 10.1 Å². The lowest BCUT2D eigenvalue weighted by Gasteiger charge is -2.07. The van der Waals surface area contributed by atoms with Crippen molar-refractivity contribution in [3.8, 4) is 11.4 Å². The van der Waals surface area contributed by atoms with Gasteiger partial charge >= 0.3 is 5.97 Å². The zero-order valence-electron chi connectivity index (χ0n) is 8.86. The monoisotopic (exact) mass is 235 g/mol. The minimum Gasteiger partial charge on any atom is -0.480 e. The third-order valence-electron chi connectivity index (χ3n) is 2.25. The van der Waals surface area contributed by atoms with Gasteiger partial charge in [-0.3, -0.25) is 4.79 Å². The Balaban J connectivity index is 2.51. The smallest absolute Gasteiger partial charge is 0.328 e. The first-order valence-corrected chi connectivity index (χ1v) is 4.79. The summed E-state index contributed by atoms with van der Waals surface area (Å²) in [6.07, 6.45) is 1.45. The lowest BCUT2D eigenvalue weighted by molar-refractivity contribution is -0.140. The fourth-order valence-electron chi connectivity index (χ4n) is 1.33. The summed E-state index contributed by atoms with van der Waals surface area (Å²) < 4.78 is 1.15. The Bertz CT molecular complexity index is 602. The number of aromatic amines is 1. The van der Waals surface area contributed by atoms with E-state index in [-0.39, 0.29) is 11.4 Å². The molecule has 8 heteroatoms. The summed E-state index contributed by atoms with van der Waals surface area (Å²) >= 11 is 0. The molecule has 0 aliphatic heterocycles. The summed E-state index contributed by atoms with van der Waals surface area (Å²) in [4.78, 5) is 24.5. The van der Waals surface area contributed by atoms with Crippen LogP contribution in [0.2, 0.25) is 0 Å². The Morgan fingerprint density at radius 1 is 1.59 bits per heavy atom. The zero-order chi connectivity index (χ0) is 12.4. The minimum absolute atomic E-state index is 0.242. The number of hydrogen-bond donors (Lipinski definition) is 2. The first-order valence-electron chi connectivity index (χ1n) is 4.79. The van der Waals surface area contributed by atoms with Crippen LogP contribution in [-0.2, 0) is 4.79 Å². The van der Waals surface area contributed by atoms with Crippen molar-refractivity contribution < 1.29 is 9.90 Å². The second kappa shape index (κ2) is 4.16. The molecule has 0 spiro atoms. The minimum atomic E-state index is -1.05. The van der Waals surface area contributed by atoms with Crippen LogP contribution >= 0.6 is 0 Å². The molecular weight excluding hydrogens is 226 g/mol. The number of nitrogens with one attached hydrogen (secondary N) is 1. The van der Waals surface area contributed by atoms with Gasteiger partial charge in [0.25, 0.3) is 0 Å². The number of nitrogens with zero attached hydrogens (tertiary/aromatic N) is 4. The first-order chi connectivity index (χ1) is 8.09. The summed E-state index contributed by atoms with van der Waals surface area (Å²) in [5.41, 5.74) is 0.159. The Morgan fingerprint density at radius 2 is 2.35 bits per heavy atom. The van der Waals surface area contributed by atoms with Crippen LogP contribution in [0, 0.1) is 0 Å². The summed E-state index contributed by atoms with van der Waals surface area (Å²) in [5.74, 6) is -0.811. The van der Waals surface area contributed by atoms with Crippen molar-refractivity contribution in [2.24, 2.45) is 0 Å². The Labute approximate surface area is 94.9 Å². The number of carbonyl (C=O) groups is 1. The third-order valence-corrected chi connectivity index (χ3v) is 2.25. The normalized spacial score (nSPS) is 12.3. The van der Waals surface area contributed by atoms with Gasteiger partial charge in [-0.05, 0) is 23.4 Å². The molecule has 0 saturated heterocycles. The van der Waals surface area contributed by atoms with E-state index in [1.54, 1.807) is 6.07 Å².